The molecule has 144 valence electrons. The third kappa shape index (κ3) is 4.91. The van der Waals surface area contributed by atoms with Crippen LogP contribution in [0.5, 0.6) is 5.75 Å². The molecule has 1 N–H and O–H groups in total. The van der Waals surface area contributed by atoms with Crippen LogP contribution >= 0.6 is 0 Å². The quantitative estimate of drug-likeness (QED) is 0.601. The third-order valence-electron chi connectivity index (χ3n) is 5.60. The fourth-order valence-corrected chi connectivity index (χ4v) is 3.87. The van der Waals surface area contributed by atoms with Gasteiger partial charge >= 0.3 is 0 Å². The van der Waals surface area contributed by atoms with Gasteiger partial charge in [0.25, 0.3) is 0 Å². The van der Waals surface area contributed by atoms with Crippen LogP contribution in [0.4, 0.5) is 0 Å². The molecule has 1 saturated heterocycles. The molecule has 26 heavy (non-hydrogen) atoms. The molecule has 0 radical (unpaired) electrons. The van der Waals surface area contributed by atoms with Gasteiger partial charge in [-0.25, -0.2) is 4.99 Å². The second-order valence-electron chi connectivity index (χ2n) is 7.99. The van der Waals surface area contributed by atoms with E-state index in [2.05, 4.69) is 54.3 Å². The molecule has 5 heteroatoms. The van der Waals surface area contributed by atoms with Gasteiger partial charge in [0, 0.05) is 26.2 Å². The van der Waals surface area contributed by atoms with Crippen LogP contribution in [0.25, 0.3) is 0 Å². The van der Waals surface area contributed by atoms with Gasteiger partial charge in [0.1, 0.15) is 12.4 Å². The number of likely N-dealkylation sites (N-methyl/N-ethyl adjacent to an activating group) is 1. The molecule has 0 bridgehead atoms. The first-order valence-corrected chi connectivity index (χ1v) is 10.00. The summed E-state index contributed by atoms with van der Waals surface area (Å²) in [6, 6.07) is 8.32. The van der Waals surface area contributed by atoms with Gasteiger partial charge in [0.05, 0.1) is 6.54 Å². The van der Waals surface area contributed by atoms with Crippen molar-refractivity contribution < 1.29 is 4.74 Å². The molecule has 1 aromatic carbocycles. The van der Waals surface area contributed by atoms with Crippen molar-refractivity contribution in [1.82, 2.24) is 15.1 Å². The van der Waals surface area contributed by atoms with Crippen molar-refractivity contribution >= 4 is 5.96 Å². The second kappa shape index (κ2) is 8.76. The maximum absolute atomic E-state index is 5.84. The fourth-order valence-electron chi connectivity index (χ4n) is 3.87. The number of aliphatic imine (C=N–C) groups is 1. The number of rotatable bonds is 7. The number of ether oxygens (including phenoxy) is 1. The molecule has 2 fully saturated rings. The van der Waals surface area contributed by atoms with Crippen molar-refractivity contribution in [3.63, 3.8) is 0 Å². The minimum Gasteiger partial charge on any atom is -0.492 e. The topological polar surface area (TPSA) is 40.1 Å². The van der Waals surface area contributed by atoms with E-state index in [0.717, 1.165) is 31.3 Å². The van der Waals surface area contributed by atoms with Crippen LogP contribution < -0.4 is 10.1 Å². The Bertz CT molecular complexity index is 610. The Kier molecular flexibility index (Phi) is 6.41. The predicted molar refractivity (Wildman–Crippen MR) is 108 cm³/mol. The van der Waals surface area contributed by atoms with Crippen molar-refractivity contribution in [2.24, 2.45) is 10.4 Å². The van der Waals surface area contributed by atoms with Gasteiger partial charge in [-0.3, -0.25) is 0 Å². The first kappa shape index (κ1) is 19.0. The van der Waals surface area contributed by atoms with Crippen molar-refractivity contribution in [3.8, 4) is 5.75 Å². The minimum absolute atomic E-state index is 0.594. The van der Waals surface area contributed by atoms with Gasteiger partial charge in [-0.2, -0.15) is 0 Å². The average molecular weight is 359 g/mol. The summed E-state index contributed by atoms with van der Waals surface area (Å²) >= 11 is 0. The van der Waals surface area contributed by atoms with E-state index >= 15 is 0 Å². The van der Waals surface area contributed by atoms with Crippen LogP contribution in [-0.2, 0) is 6.54 Å². The molecule has 0 atom stereocenters. The highest BCUT2D eigenvalue weighted by Crippen LogP contribution is 2.47. The molecular weight excluding hydrogens is 324 g/mol. The first-order chi connectivity index (χ1) is 12.6. The standard InChI is InChI=1S/C21H34N4O/c1-4-22-20(25-12-11-21(17-25)9-6-10-21)23-16-18-7-5-8-19(15-18)26-14-13-24(2)3/h5,7-8,15H,4,6,9-14,16-17H2,1-3H3,(H,22,23). The van der Waals surface area contributed by atoms with E-state index in [0.29, 0.717) is 18.6 Å². The largest absolute Gasteiger partial charge is 0.492 e. The molecule has 1 heterocycles. The molecule has 1 saturated carbocycles. The smallest absolute Gasteiger partial charge is 0.194 e. The molecule has 1 aliphatic heterocycles. The molecule has 0 amide bonds. The Balaban J connectivity index is 1.59. The zero-order chi connectivity index (χ0) is 18.4. The lowest BCUT2D eigenvalue weighted by Crippen LogP contribution is -2.42. The van der Waals surface area contributed by atoms with E-state index in [-0.39, 0.29) is 0 Å². The summed E-state index contributed by atoms with van der Waals surface area (Å²) in [6.45, 7) is 7.69. The lowest BCUT2D eigenvalue weighted by atomic mass is 9.68. The normalized spacial score (nSPS) is 19.1. The van der Waals surface area contributed by atoms with Crippen molar-refractivity contribution in [1.29, 1.82) is 0 Å². The van der Waals surface area contributed by atoms with Gasteiger partial charge in [0.2, 0.25) is 0 Å². The van der Waals surface area contributed by atoms with Gasteiger partial charge in [-0.1, -0.05) is 18.6 Å². The van der Waals surface area contributed by atoms with Crippen LogP contribution in [0, 0.1) is 5.41 Å². The molecular formula is C21H34N4O. The summed E-state index contributed by atoms with van der Waals surface area (Å²) in [6.07, 6.45) is 5.53. The Hall–Kier alpha value is -1.75. The number of benzene rings is 1. The average Bonchev–Trinajstić information content (AvgIpc) is 3.05. The molecule has 2 aliphatic rings. The third-order valence-corrected chi connectivity index (χ3v) is 5.60. The zero-order valence-electron chi connectivity index (χ0n) is 16.6. The Morgan fingerprint density at radius 2 is 2.15 bits per heavy atom. The summed E-state index contributed by atoms with van der Waals surface area (Å²) in [5.74, 6) is 1.99. The highest BCUT2D eigenvalue weighted by molar-refractivity contribution is 5.80. The van der Waals surface area contributed by atoms with E-state index in [4.69, 9.17) is 9.73 Å². The zero-order valence-corrected chi connectivity index (χ0v) is 16.6. The number of hydrogen-bond acceptors (Lipinski definition) is 3. The minimum atomic E-state index is 0.594. The van der Waals surface area contributed by atoms with Gasteiger partial charge in [0.15, 0.2) is 5.96 Å². The van der Waals surface area contributed by atoms with Gasteiger partial charge in [-0.05, 0) is 63.4 Å². The predicted octanol–water partition coefficient (Wildman–Crippen LogP) is 2.97. The number of nitrogens with zero attached hydrogens (tertiary/aromatic N) is 3. The molecule has 5 nitrogen and oxygen atoms in total. The maximum atomic E-state index is 5.84. The van der Waals surface area contributed by atoms with Gasteiger partial charge < -0.3 is 19.9 Å². The summed E-state index contributed by atoms with van der Waals surface area (Å²) in [4.78, 5) is 9.49. The van der Waals surface area contributed by atoms with Crippen LogP contribution in [0.3, 0.4) is 0 Å². The highest BCUT2D eigenvalue weighted by Gasteiger charge is 2.43. The van der Waals surface area contributed by atoms with Crippen LogP contribution in [0.1, 0.15) is 38.2 Å². The Morgan fingerprint density at radius 1 is 1.31 bits per heavy atom. The first-order valence-electron chi connectivity index (χ1n) is 10.00. The number of hydrogen-bond donors (Lipinski definition) is 1. The van der Waals surface area contributed by atoms with E-state index in [1.165, 1.54) is 37.8 Å². The number of nitrogens with one attached hydrogen (secondary N) is 1. The summed E-state index contributed by atoms with van der Waals surface area (Å²) in [5, 5.41) is 3.48. The fraction of sp³-hybridized carbons (Fsp3) is 0.667. The lowest BCUT2D eigenvalue weighted by Gasteiger charge is -2.38. The Labute approximate surface area is 158 Å². The summed E-state index contributed by atoms with van der Waals surface area (Å²) in [5.41, 5.74) is 1.79. The molecule has 1 aromatic rings. The molecule has 1 aliphatic carbocycles. The van der Waals surface area contributed by atoms with E-state index in [9.17, 15) is 0 Å². The van der Waals surface area contributed by atoms with Crippen LogP contribution in [0.2, 0.25) is 0 Å². The van der Waals surface area contributed by atoms with Crippen molar-refractivity contribution in [3.05, 3.63) is 29.8 Å². The molecule has 1 spiro atoms. The molecule has 3 rings (SSSR count). The Morgan fingerprint density at radius 3 is 2.81 bits per heavy atom. The SMILES string of the molecule is CCNC(=NCc1cccc(OCCN(C)C)c1)N1CCC2(CCC2)C1. The van der Waals surface area contributed by atoms with Crippen molar-refractivity contribution in [2.75, 3.05) is 46.9 Å². The number of likely N-dealkylation sites (tertiary alicyclic amines) is 1. The van der Waals surface area contributed by atoms with E-state index < -0.39 is 0 Å². The van der Waals surface area contributed by atoms with E-state index in [1.807, 2.05) is 6.07 Å². The summed E-state index contributed by atoms with van der Waals surface area (Å²) in [7, 11) is 4.12. The van der Waals surface area contributed by atoms with Gasteiger partial charge in [-0.15, -0.1) is 0 Å². The number of guanidine groups is 1. The lowest BCUT2D eigenvalue weighted by molar-refractivity contribution is 0.151. The molecule has 0 aromatic heterocycles. The van der Waals surface area contributed by atoms with Crippen LogP contribution in [-0.4, -0.2) is 62.6 Å². The van der Waals surface area contributed by atoms with Crippen molar-refractivity contribution in [2.45, 2.75) is 39.2 Å². The maximum Gasteiger partial charge on any atom is 0.194 e. The molecule has 0 unspecified atom stereocenters. The second-order valence-corrected chi connectivity index (χ2v) is 7.99. The monoisotopic (exact) mass is 358 g/mol. The highest BCUT2D eigenvalue weighted by atomic mass is 16.5. The van der Waals surface area contributed by atoms with E-state index in [1.54, 1.807) is 0 Å². The summed E-state index contributed by atoms with van der Waals surface area (Å²) < 4.78 is 5.84. The van der Waals surface area contributed by atoms with Crippen LogP contribution in [0.15, 0.2) is 29.3 Å².